The number of fused-ring (bicyclic) bond motifs is 7. The van der Waals surface area contributed by atoms with Gasteiger partial charge in [-0.05, 0) is 87.1 Å². The number of nitrogens with zero attached hydrogens (tertiary/aromatic N) is 1. The van der Waals surface area contributed by atoms with E-state index in [9.17, 15) is 0 Å². The van der Waals surface area contributed by atoms with Gasteiger partial charge in [-0.25, -0.2) is 0 Å². The molecular formula is C43H31NS. The molecule has 0 saturated heterocycles. The molecule has 214 valence electrons. The molecule has 0 atom stereocenters. The first kappa shape index (κ1) is 26.2. The Morgan fingerprint density at radius 3 is 1.98 bits per heavy atom. The lowest BCUT2D eigenvalue weighted by Gasteiger charge is -2.30. The number of hydrogen-bond donors (Lipinski definition) is 0. The molecule has 0 bridgehead atoms. The first-order valence-electron chi connectivity index (χ1n) is 15.6. The minimum atomic E-state index is -0.120. The number of rotatable bonds is 4. The summed E-state index contributed by atoms with van der Waals surface area (Å²) in [7, 11) is 0. The van der Waals surface area contributed by atoms with E-state index in [1.54, 1.807) is 0 Å². The van der Waals surface area contributed by atoms with Crippen LogP contribution < -0.4 is 4.90 Å². The Bertz CT molecular complexity index is 2410. The van der Waals surface area contributed by atoms with Crippen molar-refractivity contribution in [1.29, 1.82) is 0 Å². The maximum absolute atomic E-state index is 2.46. The predicted octanol–water partition coefficient (Wildman–Crippen LogP) is 12.7. The van der Waals surface area contributed by atoms with Crippen molar-refractivity contribution in [2.45, 2.75) is 19.3 Å². The van der Waals surface area contributed by atoms with E-state index in [0.29, 0.717) is 0 Å². The van der Waals surface area contributed by atoms with Crippen molar-refractivity contribution in [3.05, 3.63) is 163 Å². The summed E-state index contributed by atoms with van der Waals surface area (Å²) >= 11 is 1.87. The Kier molecular flexibility index (Phi) is 5.78. The number of thiophene rings is 1. The Morgan fingerprint density at radius 2 is 1.11 bits per heavy atom. The van der Waals surface area contributed by atoms with Crippen LogP contribution >= 0.6 is 11.3 Å². The van der Waals surface area contributed by atoms with Crippen LogP contribution in [0.3, 0.4) is 0 Å². The number of anilines is 3. The van der Waals surface area contributed by atoms with Crippen LogP contribution in [0.1, 0.15) is 25.0 Å². The largest absolute Gasteiger partial charge is 0.310 e. The van der Waals surface area contributed by atoms with Crippen molar-refractivity contribution < 1.29 is 0 Å². The van der Waals surface area contributed by atoms with Gasteiger partial charge in [0.25, 0.3) is 0 Å². The van der Waals surface area contributed by atoms with Gasteiger partial charge >= 0.3 is 0 Å². The van der Waals surface area contributed by atoms with E-state index in [2.05, 4.69) is 170 Å². The summed E-state index contributed by atoms with van der Waals surface area (Å²) in [4.78, 5) is 2.46. The summed E-state index contributed by atoms with van der Waals surface area (Å²) in [6, 6.07) is 55.9. The van der Waals surface area contributed by atoms with Gasteiger partial charge < -0.3 is 4.90 Å². The standard InChI is InChI=1S/C43H31NS/c1-43(2)38-25-30-15-7-6-14-29(30)24-37(38)34-22-20-31(26-39(34)43)44(40-18-10-8-16-33(40)28-12-4-3-5-13-28)32-21-23-36-35-17-9-11-19-41(35)45-42(36)27-32/h3-27H,1-2H3. The smallest absolute Gasteiger partial charge is 0.0540 e. The third kappa shape index (κ3) is 4.06. The predicted molar refractivity (Wildman–Crippen MR) is 195 cm³/mol. The Morgan fingerprint density at radius 1 is 0.467 bits per heavy atom. The van der Waals surface area contributed by atoms with E-state index in [1.807, 2.05) is 11.3 Å². The second-order valence-electron chi connectivity index (χ2n) is 12.6. The van der Waals surface area contributed by atoms with Gasteiger partial charge in [-0.15, -0.1) is 11.3 Å². The van der Waals surface area contributed by atoms with Crippen LogP contribution in [0.4, 0.5) is 17.1 Å². The lowest BCUT2D eigenvalue weighted by Crippen LogP contribution is -2.17. The average molecular weight is 594 g/mol. The van der Waals surface area contributed by atoms with Crippen molar-refractivity contribution in [1.82, 2.24) is 0 Å². The van der Waals surface area contributed by atoms with Crippen LogP contribution in [0, 0.1) is 0 Å². The van der Waals surface area contributed by atoms with Crippen LogP contribution in [0.25, 0.3) is 53.2 Å². The first-order valence-corrected chi connectivity index (χ1v) is 16.4. The zero-order valence-electron chi connectivity index (χ0n) is 25.3. The topological polar surface area (TPSA) is 3.24 Å². The van der Waals surface area contributed by atoms with E-state index < -0.39 is 0 Å². The molecule has 0 unspecified atom stereocenters. The van der Waals surface area contributed by atoms with Crippen LogP contribution in [0.15, 0.2) is 152 Å². The molecule has 7 aromatic carbocycles. The molecule has 0 spiro atoms. The van der Waals surface area contributed by atoms with E-state index in [4.69, 9.17) is 0 Å². The Labute approximate surface area is 267 Å². The molecule has 9 rings (SSSR count). The molecule has 1 aromatic heterocycles. The molecular weight excluding hydrogens is 563 g/mol. The van der Waals surface area contributed by atoms with Gasteiger partial charge in [-0.2, -0.15) is 0 Å². The molecule has 0 aliphatic heterocycles. The minimum Gasteiger partial charge on any atom is -0.310 e. The van der Waals surface area contributed by atoms with E-state index in [-0.39, 0.29) is 5.41 Å². The van der Waals surface area contributed by atoms with Gasteiger partial charge in [-0.3, -0.25) is 0 Å². The molecule has 0 N–H and O–H groups in total. The van der Waals surface area contributed by atoms with Crippen molar-refractivity contribution in [2.24, 2.45) is 0 Å². The molecule has 1 aliphatic rings. The summed E-state index contributed by atoms with van der Waals surface area (Å²) in [5.41, 5.74) is 11.3. The van der Waals surface area contributed by atoms with Gasteiger partial charge in [0.1, 0.15) is 0 Å². The van der Waals surface area contributed by atoms with Crippen LogP contribution in [-0.2, 0) is 5.41 Å². The summed E-state index contributed by atoms with van der Waals surface area (Å²) in [5.74, 6) is 0. The molecule has 0 amide bonds. The summed E-state index contributed by atoms with van der Waals surface area (Å²) in [5, 5.41) is 5.23. The molecule has 8 aromatic rings. The fraction of sp³-hybridized carbons (Fsp3) is 0.0698. The fourth-order valence-electron chi connectivity index (χ4n) is 7.36. The summed E-state index contributed by atoms with van der Waals surface area (Å²) in [6.45, 7) is 4.75. The normalized spacial score (nSPS) is 13.3. The third-order valence-corrected chi connectivity index (χ3v) is 10.8. The van der Waals surface area contributed by atoms with Crippen LogP contribution in [0.2, 0.25) is 0 Å². The maximum atomic E-state index is 2.46. The minimum absolute atomic E-state index is 0.120. The lowest BCUT2D eigenvalue weighted by atomic mass is 9.81. The molecule has 2 heteroatoms. The number of hydrogen-bond acceptors (Lipinski definition) is 2. The highest BCUT2D eigenvalue weighted by atomic mass is 32.1. The molecule has 0 radical (unpaired) electrons. The average Bonchev–Trinajstić information content (AvgIpc) is 3.56. The van der Waals surface area contributed by atoms with E-state index in [1.165, 1.54) is 75.7 Å². The second-order valence-corrected chi connectivity index (χ2v) is 13.7. The van der Waals surface area contributed by atoms with Crippen molar-refractivity contribution in [2.75, 3.05) is 4.90 Å². The number of para-hydroxylation sites is 1. The summed E-state index contributed by atoms with van der Waals surface area (Å²) in [6.07, 6.45) is 0. The molecule has 0 fully saturated rings. The molecule has 1 heterocycles. The zero-order chi connectivity index (χ0) is 30.1. The highest BCUT2D eigenvalue weighted by molar-refractivity contribution is 7.25. The van der Waals surface area contributed by atoms with Crippen LogP contribution in [-0.4, -0.2) is 0 Å². The van der Waals surface area contributed by atoms with Gasteiger partial charge in [0, 0.05) is 42.5 Å². The number of benzene rings is 7. The molecule has 1 nitrogen and oxygen atoms in total. The van der Waals surface area contributed by atoms with Crippen LogP contribution in [0.5, 0.6) is 0 Å². The van der Waals surface area contributed by atoms with E-state index >= 15 is 0 Å². The molecule has 1 aliphatic carbocycles. The van der Waals surface area contributed by atoms with Gasteiger partial charge in [-0.1, -0.05) is 117 Å². The second kappa shape index (κ2) is 9.92. The van der Waals surface area contributed by atoms with Crippen molar-refractivity contribution in [3.63, 3.8) is 0 Å². The Hall–Kier alpha value is -5.18. The lowest BCUT2D eigenvalue weighted by molar-refractivity contribution is 0.661. The van der Waals surface area contributed by atoms with Crippen molar-refractivity contribution in [3.8, 4) is 22.3 Å². The Balaban J connectivity index is 1.27. The monoisotopic (exact) mass is 593 g/mol. The quantitative estimate of drug-likeness (QED) is 0.196. The van der Waals surface area contributed by atoms with Gasteiger partial charge in [0.05, 0.1) is 5.69 Å². The maximum Gasteiger partial charge on any atom is 0.0540 e. The third-order valence-electron chi connectivity index (χ3n) is 9.63. The van der Waals surface area contributed by atoms with Crippen molar-refractivity contribution >= 4 is 59.3 Å². The highest BCUT2D eigenvalue weighted by Crippen LogP contribution is 2.52. The fourth-order valence-corrected chi connectivity index (χ4v) is 8.50. The van der Waals surface area contributed by atoms with E-state index in [0.717, 1.165) is 5.69 Å². The zero-order valence-corrected chi connectivity index (χ0v) is 26.1. The molecule has 45 heavy (non-hydrogen) atoms. The highest BCUT2D eigenvalue weighted by Gasteiger charge is 2.36. The SMILES string of the molecule is CC1(C)c2cc(N(c3ccc4c(c3)sc3ccccc34)c3ccccc3-c3ccccc3)ccc2-c2cc3ccccc3cc21. The molecule has 0 saturated carbocycles. The first-order chi connectivity index (χ1) is 22.1. The van der Waals surface area contributed by atoms with Gasteiger partial charge in [0.15, 0.2) is 0 Å². The summed E-state index contributed by atoms with van der Waals surface area (Å²) < 4.78 is 2.63. The van der Waals surface area contributed by atoms with Gasteiger partial charge in [0.2, 0.25) is 0 Å².